The van der Waals surface area contributed by atoms with Gasteiger partial charge in [-0.15, -0.1) is 0 Å². The van der Waals surface area contributed by atoms with Gasteiger partial charge in [0.05, 0.1) is 6.10 Å². The maximum Gasteiger partial charge on any atom is 0.129 e. The van der Waals surface area contributed by atoms with Gasteiger partial charge in [0, 0.05) is 23.2 Å². The fourth-order valence-electron chi connectivity index (χ4n) is 1.72. The maximum absolute atomic E-state index is 13.5. The third-order valence-corrected chi connectivity index (χ3v) is 2.83. The van der Waals surface area contributed by atoms with Gasteiger partial charge in [0.25, 0.3) is 0 Å². The Labute approximate surface area is 109 Å². The number of nitrogens with two attached hydrogens (primary N) is 1. The van der Waals surface area contributed by atoms with Crippen LogP contribution in [-0.4, -0.2) is 10.1 Å². The summed E-state index contributed by atoms with van der Waals surface area (Å²) in [6.45, 7) is 0. The maximum atomic E-state index is 13.5. The molecule has 3 N–H and O–H groups in total. The van der Waals surface area contributed by atoms with Crippen LogP contribution >= 0.6 is 11.6 Å². The van der Waals surface area contributed by atoms with Crippen molar-refractivity contribution in [1.82, 2.24) is 4.98 Å². The Bertz CT molecular complexity index is 562. The van der Waals surface area contributed by atoms with E-state index in [4.69, 9.17) is 17.3 Å². The Kier molecular flexibility index (Phi) is 3.79. The first kappa shape index (κ1) is 12.8. The molecule has 1 aromatic carbocycles. The van der Waals surface area contributed by atoms with Crippen molar-refractivity contribution in [2.45, 2.75) is 12.5 Å². The third kappa shape index (κ3) is 2.97. The van der Waals surface area contributed by atoms with E-state index in [9.17, 15) is 9.50 Å². The van der Waals surface area contributed by atoms with Gasteiger partial charge in [0.1, 0.15) is 11.6 Å². The molecule has 0 bridgehead atoms. The predicted octanol–water partition coefficient (Wildman–Crippen LogP) is 2.73. The fourth-order valence-corrected chi connectivity index (χ4v) is 1.91. The fraction of sp³-hybridized carbons (Fsp3) is 0.154. The van der Waals surface area contributed by atoms with Gasteiger partial charge >= 0.3 is 0 Å². The monoisotopic (exact) mass is 266 g/mol. The Morgan fingerprint density at radius 2 is 2.11 bits per heavy atom. The number of hydrogen-bond acceptors (Lipinski definition) is 3. The van der Waals surface area contributed by atoms with E-state index in [2.05, 4.69) is 4.98 Å². The largest absolute Gasteiger partial charge is 0.388 e. The summed E-state index contributed by atoms with van der Waals surface area (Å²) in [4.78, 5) is 3.85. The zero-order chi connectivity index (χ0) is 13.1. The third-order valence-electron chi connectivity index (χ3n) is 2.59. The van der Waals surface area contributed by atoms with Crippen LogP contribution in [0.2, 0.25) is 5.02 Å². The average molecular weight is 267 g/mol. The van der Waals surface area contributed by atoms with E-state index >= 15 is 0 Å². The number of pyridine rings is 1. The minimum absolute atomic E-state index is 0.179. The highest BCUT2D eigenvalue weighted by Crippen LogP contribution is 2.24. The van der Waals surface area contributed by atoms with Gasteiger partial charge in [0.2, 0.25) is 0 Å². The number of nitrogen functional groups attached to an aromatic ring is 1. The Balaban J connectivity index is 2.21. The smallest absolute Gasteiger partial charge is 0.129 e. The Morgan fingerprint density at radius 3 is 2.83 bits per heavy atom. The summed E-state index contributed by atoms with van der Waals surface area (Å²) in [6, 6.07) is 7.47. The lowest BCUT2D eigenvalue weighted by atomic mass is 10.0. The Morgan fingerprint density at radius 1 is 1.33 bits per heavy atom. The van der Waals surface area contributed by atoms with Crippen LogP contribution in [0, 0.1) is 5.82 Å². The summed E-state index contributed by atoms with van der Waals surface area (Å²) in [5.74, 6) is -0.111. The molecule has 0 saturated heterocycles. The highest BCUT2D eigenvalue weighted by Gasteiger charge is 2.14. The van der Waals surface area contributed by atoms with Crippen LogP contribution in [0.15, 0.2) is 36.5 Å². The molecule has 0 amide bonds. The van der Waals surface area contributed by atoms with Gasteiger partial charge in [-0.2, -0.15) is 0 Å². The topological polar surface area (TPSA) is 59.1 Å². The summed E-state index contributed by atoms with van der Waals surface area (Å²) >= 11 is 5.78. The number of hydrogen-bond donors (Lipinski definition) is 2. The SMILES string of the molecule is Nc1cc(CC(O)c2cc(Cl)ccc2F)ccn1. The van der Waals surface area contributed by atoms with Crippen molar-refractivity contribution in [2.75, 3.05) is 5.73 Å². The second-order valence-electron chi connectivity index (χ2n) is 3.97. The lowest BCUT2D eigenvalue weighted by molar-refractivity contribution is 0.173. The molecular weight excluding hydrogens is 255 g/mol. The van der Waals surface area contributed by atoms with Crippen LogP contribution in [0.3, 0.4) is 0 Å². The molecule has 94 valence electrons. The number of aromatic nitrogens is 1. The number of nitrogens with zero attached hydrogens (tertiary/aromatic N) is 1. The van der Waals surface area contributed by atoms with Gasteiger partial charge < -0.3 is 10.8 Å². The zero-order valence-corrected chi connectivity index (χ0v) is 10.2. The molecule has 1 unspecified atom stereocenters. The van der Waals surface area contributed by atoms with Gasteiger partial charge in [0.15, 0.2) is 0 Å². The average Bonchev–Trinajstić information content (AvgIpc) is 2.32. The second-order valence-corrected chi connectivity index (χ2v) is 4.41. The highest BCUT2D eigenvalue weighted by molar-refractivity contribution is 6.30. The van der Waals surface area contributed by atoms with Crippen molar-refractivity contribution >= 4 is 17.4 Å². The van der Waals surface area contributed by atoms with E-state index in [-0.39, 0.29) is 12.0 Å². The second kappa shape index (κ2) is 5.33. The molecule has 0 saturated carbocycles. The predicted molar refractivity (Wildman–Crippen MR) is 68.7 cm³/mol. The van der Waals surface area contributed by atoms with Crippen molar-refractivity contribution < 1.29 is 9.50 Å². The minimum atomic E-state index is -0.967. The summed E-state index contributed by atoms with van der Waals surface area (Å²) in [5, 5.41) is 10.4. The van der Waals surface area contributed by atoms with Gasteiger partial charge in [-0.3, -0.25) is 0 Å². The molecule has 0 spiro atoms. The van der Waals surface area contributed by atoms with Gasteiger partial charge in [-0.05, 0) is 35.9 Å². The lowest BCUT2D eigenvalue weighted by Crippen LogP contribution is -2.05. The first-order valence-electron chi connectivity index (χ1n) is 5.39. The molecule has 1 atom stereocenters. The molecule has 0 aliphatic rings. The van der Waals surface area contributed by atoms with Crippen molar-refractivity contribution in [3.05, 3.63) is 58.5 Å². The quantitative estimate of drug-likeness (QED) is 0.898. The zero-order valence-electron chi connectivity index (χ0n) is 9.48. The summed E-state index contributed by atoms with van der Waals surface area (Å²) in [5.41, 5.74) is 6.50. The molecule has 1 heterocycles. The molecule has 0 fully saturated rings. The standard InChI is InChI=1S/C13H12ClFN2O/c14-9-1-2-11(15)10(7-9)12(18)5-8-3-4-17-13(16)6-8/h1-4,6-7,12,18H,5H2,(H2,16,17). The van der Waals surface area contributed by atoms with E-state index in [1.54, 1.807) is 18.3 Å². The van der Waals surface area contributed by atoms with Gasteiger partial charge in [-0.1, -0.05) is 11.6 Å². The number of rotatable bonds is 3. The van der Waals surface area contributed by atoms with Gasteiger partial charge in [-0.25, -0.2) is 9.37 Å². The molecule has 0 aliphatic carbocycles. The van der Waals surface area contributed by atoms with E-state index in [0.29, 0.717) is 10.8 Å². The van der Waals surface area contributed by atoms with Crippen LogP contribution < -0.4 is 5.73 Å². The van der Waals surface area contributed by atoms with E-state index in [1.165, 1.54) is 18.2 Å². The molecule has 2 aromatic rings. The number of aliphatic hydroxyl groups is 1. The summed E-state index contributed by atoms with van der Waals surface area (Å²) in [6.07, 6.45) is 0.834. The van der Waals surface area contributed by atoms with E-state index < -0.39 is 11.9 Å². The van der Waals surface area contributed by atoms with Crippen molar-refractivity contribution in [2.24, 2.45) is 0 Å². The van der Waals surface area contributed by atoms with Crippen LogP contribution in [0.1, 0.15) is 17.2 Å². The number of benzene rings is 1. The highest BCUT2D eigenvalue weighted by atomic mass is 35.5. The van der Waals surface area contributed by atoms with Crippen molar-refractivity contribution in [3.8, 4) is 0 Å². The molecule has 5 heteroatoms. The summed E-state index contributed by atoms with van der Waals surface area (Å²) < 4.78 is 13.5. The number of anilines is 1. The molecule has 0 aliphatic heterocycles. The molecular formula is C13H12ClFN2O. The van der Waals surface area contributed by atoms with Crippen LogP contribution in [0.4, 0.5) is 10.2 Å². The molecule has 3 nitrogen and oxygen atoms in total. The van der Waals surface area contributed by atoms with Crippen LogP contribution in [-0.2, 0) is 6.42 Å². The molecule has 1 aromatic heterocycles. The first-order chi connectivity index (χ1) is 8.56. The van der Waals surface area contributed by atoms with Crippen molar-refractivity contribution in [1.29, 1.82) is 0 Å². The molecule has 2 rings (SSSR count). The molecule has 0 radical (unpaired) electrons. The summed E-state index contributed by atoms with van der Waals surface area (Å²) in [7, 11) is 0. The Hall–Kier alpha value is -1.65. The lowest BCUT2D eigenvalue weighted by Gasteiger charge is -2.12. The first-order valence-corrected chi connectivity index (χ1v) is 5.77. The normalized spacial score (nSPS) is 12.4. The number of aliphatic hydroxyl groups excluding tert-OH is 1. The van der Waals surface area contributed by atoms with Crippen molar-refractivity contribution in [3.63, 3.8) is 0 Å². The van der Waals surface area contributed by atoms with Crippen LogP contribution in [0.5, 0.6) is 0 Å². The van der Waals surface area contributed by atoms with E-state index in [0.717, 1.165) is 5.56 Å². The molecule has 18 heavy (non-hydrogen) atoms. The van der Waals surface area contributed by atoms with E-state index in [1.807, 2.05) is 0 Å². The number of halogens is 2. The van der Waals surface area contributed by atoms with Crippen LogP contribution in [0.25, 0.3) is 0 Å². The minimum Gasteiger partial charge on any atom is -0.388 e.